The maximum Gasteiger partial charge on any atom is 0.352 e. The Morgan fingerprint density at radius 2 is 1.84 bits per heavy atom. The fourth-order valence-corrected chi connectivity index (χ4v) is 3.19. The van der Waals surface area contributed by atoms with Gasteiger partial charge in [-0.1, -0.05) is 36.4 Å². The molecule has 0 bridgehead atoms. The average Bonchev–Trinajstić information content (AvgIpc) is 2.89. The number of nitrogens with one attached hydrogen (secondary N) is 1. The van der Waals surface area contributed by atoms with Gasteiger partial charge in [-0.05, 0) is 19.1 Å². The minimum atomic E-state index is -0.912. The van der Waals surface area contributed by atoms with Crippen LogP contribution in [0.15, 0.2) is 48.5 Å². The van der Waals surface area contributed by atoms with Gasteiger partial charge in [-0.3, -0.25) is 0 Å². The molecule has 3 aromatic rings. The van der Waals surface area contributed by atoms with E-state index in [-0.39, 0.29) is 0 Å². The number of aromatic carboxylic acids is 1. The van der Waals surface area contributed by atoms with E-state index in [1.807, 2.05) is 55.5 Å². The van der Waals surface area contributed by atoms with E-state index in [0.29, 0.717) is 25.4 Å². The van der Waals surface area contributed by atoms with E-state index in [4.69, 9.17) is 4.74 Å². The topological polar surface area (TPSA) is 63.5 Å². The van der Waals surface area contributed by atoms with Crippen LogP contribution in [0.3, 0.4) is 0 Å². The molecule has 2 N–H and O–H groups in total. The Hall–Kier alpha value is -2.79. The number of carbonyl (C=O) groups is 1. The number of nitrogens with zero attached hydrogens (tertiary/aromatic N) is 1. The number of fused-ring (bicyclic) bond motifs is 1. The summed E-state index contributed by atoms with van der Waals surface area (Å²) >= 11 is 0. The van der Waals surface area contributed by atoms with Gasteiger partial charge in [-0.15, -0.1) is 0 Å². The van der Waals surface area contributed by atoms with Crippen LogP contribution in [0.1, 0.15) is 28.5 Å². The molecule has 0 fully saturated rings. The van der Waals surface area contributed by atoms with Crippen molar-refractivity contribution in [2.45, 2.75) is 20.0 Å². The molecule has 5 heteroatoms. The SMILES string of the molecule is CCOc1ccccc1CNCc1c(C(=O)O)n(C)c2ccccc12. The normalized spacial score (nSPS) is 11.0. The summed E-state index contributed by atoms with van der Waals surface area (Å²) < 4.78 is 7.38. The number of ether oxygens (including phenoxy) is 1. The van der Waals surface area contributed by atoms with Crippen molar-refractivity contribution in [3.8, 4) is 5.75 Å². The zero-order chi connectivity index (χ0) is 17.8. The second-order valence-electron chi connectivity index (χ2n) is 5.85. The Morgan fingerprint density at radius 1 is 1.12 bits per heavy atom. The fraction of sp³-hybridized carbons (Fsp3) is 0.250. The highest BCUT2D eigenvalue weighted by Gasteiger charge is 2.19. The van der Waals surface area contributed by atoms with Gasteiger partial charge in [0.05, 0.1) is 6.61 Å². The standard InChI is InChI=1S/C20H22N2O3/c1-3-25-18-11-7-4-8-14(18)12-21-13-16-15-9-5-6-10-17(15)22(2)19(16)20(23)24/h4-11,21H,3,12-13H2,1-2H3,(H,23,24). The highest BCUT2D eigenvalue weighted by atomic mass is 16.5. The number of hydrogen-bond acceptors (Lipinski definition) is 3. The molecule has 5 nitrogen and oxygen atoms in total. The summed E-state index contributed by atoms with van der Waals surface area (Å²) in [4.78, 5) is 11.7. The Kier molecular flexibility index (Phi) is 5.05. The van der Waals surface area contributed by atoms with Crippen LogP contribution in [-0.4, -0.2) is 22.2 Å². The maximum absolute atomic E-state index is 11.7. The Morgan fingerprint density at radius 3 is 2.60 bits per heavy atom. The molecule has 0 saturated heterocycles. The molecule has 2 aromatic carbocycles. The first-order valence-corrected chi connectivity index (χ1v) is 8.34. The molecule has 0 radical (unpaired) electrons. The van der Waals surface area contributed by atoms with Crippen molar-refractivity contribution in [3.05, 3.63) is 65.4 Å². The van der Waals surface area contributed by atoms with Gasteiger partial charge in [0.2, 0.25) is 0 Å². The van der Waals surface area contributed by atoms with Crippen LogP contribution >= 0.6 is 0 Å². The van der Waals surface area contributed by atoms with Gasteiger partial charge in [-0.25, -0.2) is 4.79 Å². The van der Waals surface area contributed by atoms with Crippen molar-refractivity contribution in [1.29, 1.82) is 0 Å². The van der Waals surface area contributed by atoms with Crippen LogP contribution in [0.5, 0.6) is 5.75 Å². The molecule has 25 heavy (non-hydrogen) atoms. The highest BCUT2D eigenvalue weighted by Crippen LogP contribution is 2.26. The second-order valence-corrected chi connectivity index (χ2v) is 5.85. The van der Waals surface area contributed by atoms with Crippen molar-refractivity contribution in [2.24, 2.45) is 7.05 Å². The van der Waals surface area contributed by atoms with Crippen LogP contribution in [0.4, 0.5) is 0 Å². The Balaban J connectivity index is 1.85. The van der Waals surface area contributed by atoms with Gasteiger partial charge >= 0.3 is 5.97 Å². The van der Waals surface area contributed by atoms with E-state index >= 15 is 0 Å². The second kappa shape index (κ2) is 7.40. The molecule has 0 unspecified atom stereocenters. The first-order valence-electron chi connectivity index (χ1n) is 8.34. The lowest BCUT2D eigenvalue weighted by molar-refractivity contribution is 0.0685. The maximum atomic E-state index is 11.7. The number of hydrogen-bond donors (Lipinski definition) is 2. The third-order valence-electron chi connectivity index (χ3n) is 4.30. The smallest absolute Gasteiger partial charge is 0.352 e. The van der Waals surface area contributed by atoms with Gasteiger partial charge in [0.1, 0.15) is 11.4 Å². The van der Waals surface area contributed by atoms with Gasteiger partial charge in [0, 0.05) is 42.2 Å². The lowest BCUT2D eigenvalue weighted by atomic mass is 10.1. The lowest BCUT2D eigenvalue weighted by Gasteiger charge is -2.11. The van der Waals surface area contributed by atoms with Crippen LogP contribution in [0.25, 0.3) is 10.9 Å². The molecule has 0 atom stereocenters. The largest absolute Gasteiger partial charge is 0.494 e. The van der Waals surface area contributed by atoms with E-state index in [1.165, 1.54) is 0 Å². The zero-order valence-electron chi connectivity index (χ0n) is 14.5. The molecule has 0 saturated carbocycles. The van der Waals surface area contributed by atoms with E-state index in [0.717, 1.165) is 27.8 Å². The molecule has 1 aromatic heterocycles. The van der Waals surface area contributed by atoms with Gasteiger partial charge in [0.15, 0.2) is 0 Å². The summed E-state index contributed by atoms with van der Waals surface area (Å²) in [6, 6.07) is 15.6. The van der Waals surface area contributed by atoms with Gasteiger partial charge in [-0.2, -0.15) is 0 Å². The summed E-state index contributed by atoms with van der Waals surface area (Å²) in [6.45, 7) is 3.66. The molecule has 0 amide bonds. The molecular formula is C20H22N2O3. The Bertz CT molecular complexity index is 899. The van der Waals surface area contributed by atoms with Crippen molar-refractivity contribution in [3.63, 3.8) is 0 Å². The van der Waals surface area contributed by atoms with Crippen molar-refractivity contribution in [1.82, 2.24) is 9.88 Å². The molecule has 1 heterocycles. The molecule has 3 rings (SSSR count). The van der Waals surface area contributed by atoms with E-state index in [2.05, 4.69) is 5.32 Å². The predicted octanol–water partition coefficient (Wildman–Crippen LogP) is 3.57. The van der Waals surface area contributed by atoms with Crippen molar-refractivity contribution < 1.29 is 14.6 Å². The van der Waals surface area contributed by atoms with Crippen LogP contribution in [-0.2, 0) is 20.1 Å². The molecule has 0 aliphatic heterocycles. The molecule has 0 spiro atoms. The summed E-state index contributed by atoms with van der Waals surface area (Å²) in [5.74, 6) is -0.0564. The number of benzene rings is 2. The molecule has 0 aliphatic carbocycles. The van der Waals surface area contributed by atoms with Crippen LogP contribution < -0.4 is 10.1 Å². The minimum absolute atomic E-state index is 0.326. The van der Waals surface area contributed by atoms with E-state index in [9.17, 15) is 9.90 Å². The highest BCUT2D eigenvalue weighted by molar-refractivity contribution is 5.98. The van der Waals surface area contributed by atoms with Crippen molar-refractivity contribution >= 4 is 16.9 Å². The first-order chi connectivity index (χ1) is 12.1. The van der Waals surface area contributed by atoms with Crippen LogP contribution in [0, 0.1) is 0 Å². The fourth-order valence-electron chi connectivity index (χ4n) is 3.19. The lowest BCUT2D eigenvalue weighted by Crippen LogP contribution is -2.16. The third kappa shape index (κ3) is 3.37. The summed E-state index contributed by atoms with van der Waals surface area (Å²) in [7, 11) is 1.79. The molecule has 0 aliphatic rings. The van der Waals surface area contributed by atoms with Crippen LogP contribution in [0.2, 0.25) is 0 Å². The molecular weight excluding hydrogens is 316 g/mol. The number of para-hydroxylation sites is 2. The quantitative estimate of drug-likeness (QED) is 0.691. The van der Waals surface area contributed by atoms with Gasteiger partial charge < -0.3 is 19.7 Å². The summed E-state index contributed by atoms with van der Waals surface area (Å²) in [6.07, 6.45) is 0. The predicted molar refractivity (Wildman–Crippen MR) is 98.0 cm³/mol. The Labute approximate surface area is 146 Å². The van der Waals surface area contributed by atoms with Gasteiger partial charge in [0.25, 0.3) is 0 Å². The van der Waals surface area contributed by atoms with E-state index < -0.39 is 5.97 Å². The number of carboxylic acids is 1. The monoisotopic (exact) mass is 338 g/mol. The zero-order valence-corrected chi connectivity index (χ0v) is 14.5. The number of rotatable bonds is 7. The number of carboxylic acid groups (broad SMARTS) is 1. The minimum Gasteiger partial charge on any atom is -0.494 e. The average molecular weight is 338 g/mol. The first kappa shape index (κ1) is 17.0. The van der Waals surface area contributed by atoms with Crippen molar-refractivity contribution in [2.75, 3.05) is 6.61 Å². The third-order valence-corrected chi connectivity index (χ3v) is 4.30. The summed E-state index contributed by atoms with van der Waals surface area (Å²) in [5, 5.41) is 13.9. The van der Waals surface area contributed by atoms with E-state index in [1.54, 1.807) is 11.6 Å². The number of aromatic nitrogens is 1. The summed E-state index contributed by atoms with van der Waals surface area (Å²) in [5.41, 5.74) is 3.11. The number of aryl methyl sites for hydroxylation is 1. The molecule has 130 valence electrons.